The van der Waals surface area contributed by atoms with Crippen LogP contribution in [-0.2, 0) is 14.3 Å². The zero-order valence-corrected chi connectivity index (χ0v) is 8.87. The van der Waals surface area contributed by atoms with Crippen molar-refractivity contribution in [1.29, 1.82) is 0 Å². The van der Waals surface area contributed by atoms with Crippen LogP contribution in [0.4, 0.5) is 0 Å². The molecule has 0 saturated heterocycles. The van der Waals surface area contributed by atoms with Gasteiger partial charge in [-0.25, -0.2) is 0 Å². The van der Waals surface area contributed by atoms with Crippen LogP contribution < -0.4 is 0 Å². The number of carbonyl (C=O) groups excluding carboxylic acids is 2. The summed E-state index contributed by atoms with van der Waals surface area (Å²) in [6.45, 7) is 3.66. The van der Waals surface area contributed by atoms with Crippen molar-refractivity contribution in [3.63, 3.8) is 0 Å². The summed E-state index contributed by atoms with van der Waals surface area (Å²) in [5, 5.41) is 0. The molecule has 0 saturated carbocycles. The van der Waals surface area contributed by atoms with E-state index in [0.29, 0.717) is 6.42 Å². The van der Waals surface area contributed by atoms with Crippen LogP contribution in [0, 0.1) is 11.3 Å². The lowest BCUT2D eigenvalue weighted by Crippen LogP contribution is -2.36. The summed E-state index contributed by atoms with van der Waals surface area (Å²) < 4.78 is 4.73. The predicted octanol–water partition coefficient (Wildman–Crippen LogP) is 1.72. The average molecular weight is 196 g/mol. The maximum atomic E-state index is 11.5. The predicted molar refractivity (Wildman–Crippen MR) is 52.7 cm³/mol. The highest BCUT2D eigenvalue weighted by atomic mass is 16.5. The van der Waals surface area contributed by atoms with Gasteiger partial charge in [0, 0.05) is 6.42 Å². The number of ether oxygens (including phenoxy) is 1. The van der Waals surface area contributed by atoms with E-state index in [2.05, 4.69) is 0 Å². The van der Waals surface area contributed by atoms with Crippen LogP contribution in [0.25, 0.3) is 0 Å². The number of ketones is 1. The van der Waals surface area contributed by atoms with Gasteiger partial charge >= 0.3 is 5.97 Å². The fourth-order valence-corrected chi connectivity index (χ4v) is 1.74. The first-order valence-electron chi connectivity index (χ1n) is 4.76. The van der Waals surface area contributed by atoms with Crippen molar-refractivity contribution in [3.8, 4) is 0 Å². The number of carbonyl (C=O) groups is 2. The number of hydrogen-bond donors (Lipinski definition) is 0. The summed E-state index contributed by atoms with van der Waals surface area (Å²) >= 11 is 0. The first-order valence-corrected chi connectivity index (χ1v) is 4.76. The molecule has 0 aromatic heterocycles. The molecule has 0 radical (unpaired) electrons. The second kappa shape index (κ2) is 3.95. The monoisotopic (exact) mass is 196 g/mol. The minimum Gasteiger partial charge on any atom is -0.469 e. The molecule has 1 rings (SSSR count). The van der Waals surface area contributed by atoms with E-state index >= 15 is 0 Å². The van der Waals surface area contributed by atoms with Crippen molar-refractivity contribution in [2.45, 2.75) is 26.7 Å². The quantitative estimate of drug-likeness (QED) is 0.631. The van der Waals surface area contributed by atoms with Crippen molar-refractivity contribution < 1.29 is 14.3 Å². The first kappa shape index (κ1) is 11.0. The Morgan fingerprint density at radius 1 is 1.57 bits per heavy atom. The van der Waals surface area contributed by atoms with Crippen molar-refractivity contribution >= 4 is 11.8 Å². The Balaban J connectivity index is 2.78. The zero-order chi connectivity index (χ0) is 10.8. The molecule has 1 atom stereocenters. The third kappa shape index (κ3) is 2.03. The van der Waals surface area contributed by atoms with E-state index in [1.165, 1.54) is 7.11 Å². The van der Waals surface area contributed by atoms with Gasteiger partial charge in [-0.15, -0.1) is 0 Å². The molecule has 0 aliphatic heterocycles. The molecule has 0 bridgehead atoms. The van der Waals surface area contributed by atoms with Crippen LogP contribution in [0.2, 0.25) is 0 Å². The van der Waals surface area contributed by atoms with Crippen LogP contribution >= 0.6 is 0 Å². The van der Waals surface area contributed by atoms with Gasteiger partial charge in [-0.05, 0) is 32.3 Å². The molecule has 78 valence electrons. The van der Waals surface area contributed by atoms with E-state index in [4.69, 9.17) is 4.74 Å². The van der Waals surface area contributed by atoms with E-state index in [1.807, 2.05) is 19.9 Å². The van der Waals surface area contributed by atoms with Crippen LogP contribution in [0.15, 0.2) is 12.2 Å². The molecule has 1 aliphatic rings. The molecule has 0 unspecified atom stereocenters. The largest absolute Gasteiger partial charge is 0.469 e. The van der Waals surface area contributed by atoms with E-state index in [0.717, 1.165) is 6.42 Å². The molecule has 0 N–H and O–H groups in total. The molecular weight excluding hydrogens is 180 g/mol. The fraction of sp³-hybridized carbons (Fsp3) is 0.636. The first-order chi connectivity index (χ1) is 6.48. The highest BCUT2D eigenvalue weighted by Crippen LogP contribution is 2.35. The number of allylic oxidation sites excluding steroid dienone is 2. The highest BCUT2D eigenvalue weighted by molar-refractivity contribution is 5.91. The third-order valence-electron chi connectivity index (χ3n) is 2.90. The van der Waals surface area contributed by atoms with Crippen molar-refractivity contribution in [1.82, 2.24) is 0 Å². The van der Waals surface area contributed by atoms with Gasteiger partial charge in [0.25, 0.3) is 0 Å². The lowest BCUT2D eigenvalue weighted by Gasteiger charge is -2.31. The Kier molecular flexibility index (Phi) is 3.09. The van der Waals surface area contributed by atoms with Crippen LogP contribution in [0.5, 0.6) is 0 Å². The Morgan fingerprint density at radius 2 is 2.21 bits per heavy atom. The normalized spacial score (nSPS) is 22.2. The topological polar surface area (TPSA) is 43.4 Å². The summed E-state index contributed by atoms with van der Waals surface area (Å²) in [6.07, 6.45) is 4.64. The fourth-order valence-electron chi connectivity index (χ4n) is 1.74. The SMILES string of the molecule is COC(=O)C(C)(C)[C@H]1CC=CC(=O)C1. The summed E-state index contributed by atoms with van der Waals surface area (Å²) in [5.74, 6) is -0.0868. The van der Waals surface area contributed by atoms with Gasteiger partial charge in [-0.3, -0.25) is 9.59 Å². The van der Waals surface area contributed by atoms with Crippen molar-refractivity contribution in [2.75, 3.05) is 7.11 Å². The second-order valence-electron chi connectivity index (χ2n) is 4.22. The standard InChI is InChI=1S/C11H16O3/c1-11(2,10(13)14-3)8-5-4-6-9(12)7-8/h4,6,8H,5,7H2,1-3H3/t8-/m0/s1. The zero-order valence-electron chi connectivity index (χ0n) is 8.87. The van der Waals surface area contributed by atoms with E-state index in [-0.39, 0.29) is 17.7 Å². The van der Waals surface area contributed by atoms with Crippen molar-refractivity contribution in [3.05, 3.63) is 12.2 Å². The third-order valence-corrected chi connectivity index (χ3v) is 2.90. The molecule has 3 heteroatoms. The van der Waals surface area contributed by atoms with Crippen LogP contribution in [0.1, 0.15) is 26.7 Å². The van der Waals surface area contributed by atoms with Crippen LogP contribution in [-0.4, -0.2) is 18.9 Å². The van der Waals surface area contributed by atoms with E-state index < -0.39 is 5.41 Å². The summed E-state index contributed by atoms with van der Waals surface area (Å²) in [5.41, 5.74) is -0.574. The van der Waals surface area contributed by atoms with E-state index in [9.17, 15) is 9.59 Å². The smallest absolute Gasteiger partial charge is 0.311 e. The molecule has 0 amide bonds. The molecule has 1 aliphatic carbocycles. The lowest BCUT2D eigenvalue weighted by atomic mass is 9.72. The average Bonchev–Trinajstić information content (AvgIpc) is 2.16. The summed E-state index contributed by atoms with van der Waals surface area (Å²) in [6, 6.07) is 0. The maximum Gasteiger partial charge on any atom is 0.311 e. The molecule has 0 aromatic rings. The Bertz CT molecular complexity index is 276. The van der Waals surface area contributed by atoms with E-state index in [1.54, 1.807) is 6.08 Å². The molecule has 3 nitrogen and oxygen atoms in total. The Hall–Kier alpha value is -1.12. The van der Waals surface area contributed by atoms with Gasteiger partial charge < -0.3 is 4.74 Å². The number of esters is 1. The van der Waals surface area contributed by atoms with Gasteiger partial charge in [0.2, 0.25) is 0 Å². The van der Waals surface area contributed by atoms with Crippen molar-refractivity contribution in [2.24, 2.45) is 11.3 Å². The summed E-state index contributed by atoms with van der Waals surface area (Å²) in [7, 11) is 1.38. The summed E-state index contributed by atoms with van der Waals surface area (Å²) in [4.78, 5) is 22.7. The number of hydrogen-bond acceptors (Lipinski definition) is 3. The molecule has 14 heavy (non-hydrogen) atoms. The van der Waals surface area contributed by atoms with Gasteiger partial charge in [0.05, 0.1) is 12.5 Å². The van der Waals surface area contributed by atoms with Gasteiger partial charge in [0.15, 0.2) is 5.78 Å². The second-order valence-corrected chi connectivity index (χ2v) is 4.22. The van der Waals surface area contributed by atoms with Gasteiger partial charge in [-0.1, -0.05) is 6.08 Å². The maximum absolute atomic E-state index is 11.5. The Morgan fingerprint density at radius 3 is 2.71 bits per heavy atom. The molecule has 0 fully saturated rings. The van der Waals surface area contributed by atoms with Crippen LogP contribution in [0.3, 0.4) is 0 Å². The van der Waals surface area contributed by atoms with Gasteiger partial charge in [-0.2, -0.15) is 0 Å². The molecule has 0 heterocycles. The lowest BCUT2D eigenvalue weighted by molar-refractivity contribution is -0.154. The molecule has 0 aromatic carbocycles. The molecule has 0 spiro atoms. The Labute approximate surface area is 84.1 Å². The van der Waals surface area contributed by atoms with Gasteiger partial charge in [0.1, 0.15) is 0 Å². The highest BCUT2D eigenvalue weighted by Gasteiger charge is 2.38. The minimum absolute atomic E-state index is 0.0625. The number of rotatable bonds is 2. The number of methoxy groups -OCH3 is 1. The molecular formula is C11H16O3. The minimum atomic E-state index is -0.574.